The number of amides is 1. The fourth-order valence-corrected chi connectivity index (χ4v) is 2.33. The molecule has 4 heteroatoms. The first-order chi connectivity index (χ1) is 6.77. The van der Waals surface area contributed by atoms with Crippen LogP contribution in [0.3, 0.4) is 0 Å². The van der Waals surface area contributed by atoms with Crippen molar-refractivity contribution in [1.29, 1.82) is 0 Å². The maximum Gasteiger partial charge on any atom is 0.227 e. The summed E-state index contributed by atoms with van der Waals surface area (Å²) in [5.41, 5.74) is 5.85. The standard InChI is InChI=1S/C10H19N3O/c11-9-2-1-5-13(7-9)10(14)8-3-4-12-6-8/h8-9,12H,1-7,11H2/t8-,9?/m1/s1. The van der Waals surface area contributed by atoms with Crippen LogP contribution in [0.2, 0.25) is 0 Å². The molecule has 4 nitrogen and oxygen atoms in total. The normalized spacial score (nSPS) is 33.4. The molecular weight excluding hydrogens is 178 g/mol. The minimum absolute atomic E-state index is 0.196. The third kappa shape index (κ3) is 2.07. The van der Waals surface area contributed by atoms with E-state index in [1.54, 1.807) is 0 Å². The summed E-state index contributed by atoms with van der Waals surface area (Å²) < 4.78 is 0. The maximum absolute atomic E-state index is 12.0. The van der Waals surface area contributed by atoms with Crippen LogP contribution in [-0.4, -0.2) is 43.0 Å². The molecular formula is C10H19N3O. The van der Waals surface area contributed by atoms with Gasteiger partial charge in [0.15, 0.2) is 0 Å². The predicted molar refractivity (Wildman–Crippen MR) is 54.8 cm³/mol. The Bertz CT molecular complexity index is 213. The van der Waals surface area contributed by atoms with Crippen molar-refractivity contribution in [2.24, 2.45) is 11.7 Å². The quantitative estimate of drug-likeness (QED) is 0.598. The number of carbonyl (C=O) groups excluding carboxylic acids is 1. The number of rotatable bonds is 1. The van der Waals surface area contributed by atoms with Crippen molar-refractivity contribution in [2.45, 2.75) is 25.3 Å². The van der Waals surface area contributed by atoms with Crippen LogP contribution >= 0.6 is 0 Å². The van der Waals surface area contributed by atoms with Gasteiger partial charge in [-0.1, -0.05) is 0 Å². The van der Waals surface area contributed by atoms with E-state index in [0.29, 0.717) is 5.91 Å². The fraction of sp³-hybridized carbons (Fsp3) is 0.900. The fourth-order valence-electron chi connectivity index (χ4n) is 2.33. The summed E-state index contributed by atoms with van der Waals surface area (Å²) in [7, 11) is 0. The van der Waals surface area contributed by atoms with Crippen LogP contribution in [0.4, 0.5) is 0 Å². The second kappa shape index (κ2) is 4.28. The van der Waals surface area contributed by atoms with Crippen molar-refractivity contribution in [2.75, 3.05) is 26.2 Å². The molecule has 14 heavy (non-hydrogen) atoms. The third-order valence-electron chi connectivity index (χ3n) is 3.18. The Hall–Kier alpha value is -0.610. The van der Waals surface area contributed by atoms with E-state index in [0.717, 1.165) is 45.4 Å². The summed E-state index contributed by atoms with van der Waals surface area (Å²) in [5, 5.41) is 3.22. The lowest BCUT2D eigenvalue weighted by atomic mass is 10.0. The number of nitrogens with zero attached hydrogens (tertiary/aromatic N) is 1. The molecule has 0 aliphatic carbocycles. The number of hydrogen-bond donors (Lipinski definition) is 2. The molecule has 3 N–H and O–H groups in total. The molecule has 2 saturated heterocycles. The highest BCUT2D eigenvalue weighted by molar-refractivity contribution is 5.79. The highest BCUT2D eigenvalue weighted by atomic mass is 16.2. The van der Waals surface area contributed by atoms with Gasteiger partial charge in [-0.3, -0.25) is 4.79 Å². The van der Waals surface area contributed by atoms with E-state index in [9.17, 15) is 4.79 Å². The maximum atomic E-state index is 12.0. The minimum Gasteiger partial charge on any atom is -0.341 e. The molecule has 0 radical (unpaired) electrons. The van der Waals surface area contributed by atoms with Crippen LogP contribution in [0.25, 0.3) is 0 Å². The zero-order valence-electron chi connectivity index (χ0n) is 8.54. The molecule has 0 bridgehead atoms. The molecule has 2 heterocycles. The van der Waals surface area contributed by atoms with Crippen molar-refractivity contribution in [3.05, 3.63) is 0 Å². The summed E-state index contributed by atoms with van der Waals surface area (Å²) in [6, 6.07) is 0.196. The molecule has 2 atom stereocenters. The van der Waals surface area contributed by atoms with Gasteiger partial charge in [0.25, 0.3) is 0 Å². The Morgan fingerprint density at radius 2 is 2.29 bits per heavy atom. The third-order valence-corrected chi connectivity index (χ3v) is 3.18. The molecule has 2 fully saturated rings. The Morgan fingerprint density at radius 1 is 1.43 bits per heavy atom. The Morgan fingerprint density at radius 3 is 2.93 bits per heavy atom. The lowest BCUT2D eigenvalue weighted by molar-refractivity contribution is -0.136. The summed E-state index contributed by atoms with van der Waals surface area (Å²) in [4.78, 5) is 13.9. The van der Waals surface area contributed by atoms with Gasteiger partial charge in [-0.15, -0.1) is 0 Å². The van der Waals surface area contributed by atoms with E-state index < -0.39 is 0 Å². The SMILES string of the molecule is NC1CCCN(C(=O)[C@@H]2CCNC2)C1. The molecule has 80 valence electrons. The van der Waals surface area contributed by atoms with Gasteiger partial charge in [0.2, 0.25) is 5.91 Å². The number of piperidine rings is 1. The van der Waals surface area contributed by atoms with Gasteiger partial charge < -0.3 is 16.0 Å². The van der Waals surface area contributed by atoms with Crippen LogP contribution in [0.5, 0.6) is 0 Å². The second-order valence-electron chi connectivity index (χ2n) is 4.38. The van der Waals surface area contributed by atoms with Gasteiger partial charge in [-0.05, 0) is 25.8 Å². The average molecular weight is 197 g/mol. The predicted octanol–water partition coefficient (Wildman–Crippen LogP) is -0.454. The van der Waals surface area contributed by atoms with Crippen LogP contribution in [-0.2, 0) is 4.79 Å². The molecule has 1 unspecified atom stereocenters. The van der Waals surface area contributed by atoms with Gasteiger partial charge >= 0.3 is 0 Å². The summed E-state index contributed by atoms with van der Waals surface area (Å²) >= 11 is 0. The van der Waals surface area contributed by atoms with Crippen LogP contribution in [0.1, 0.15) is 19.3 Å². The molecule has 0 aromatic heterocycles. The Balaban J connectivity index is 1.89. The molecule has 2 rings (SSSR count). The molecule has 2 aliphatic heterocycles. The minimum atomic E-state index is 0.196. The molecule has 0 saturated carbocycles. The first-order valence-electron chi connectivity index (χ1n) is 5.52. The van der Waals surface area contributed by atoms with E-state index in [2.05, 4.69) is 5.32 Å². The highest BCUT2D eigenvalue weighted by Gasteiger charge is 2.29. The van der Waals surface area contributed by atoms with Gasteiger partial charge in [-0.25, -0.2) is 0 Å². The van der Waals surface area contributed by atoms with E-state index in [4.69, 9.17) is 5.73 Å². The van der Waals surface area contributed by atoms with Crippen molar-refractivity contribution in [1.82, 2.24) is 10.2 Å². The Labute approximate surface area is 84.8 Å². The number of hydrogen-bond acceptors (Lipinski definition) is 3. The first kappa shape index (κ1) is 9.93. The number of likely N-dealkylation sites (tertiary alicyclic amines) is 1. The largest absolute Gasteiger partial charge is 0.341 e. The van der Waals surface area contributed by atoms with Crippen molar-refractivity contribution >= 4 is 5.91 Å². The monoisotopic (exact) mass is 197 g/mol. The van der Waals surface area contributed by atoms with Gasteiger partial charge in [0.1, 0.15) is 0 Å². The number of nitrogens with two attached hydrogens (primary N) is 1. The summed E-state index contributed by atoms with van der Waals surface area (Å²) in [6.07, 6.45) is 3.12. The molecule has 0 aromatic rings. The lowest BCUT2D eigenvalue weighted by Gasteiger charge is -2.32. The average Bonchev–Trinajstić information content (AvgIpc) is 2.69. The zero-order valence-corrected chi connectivity index (χ0v) is 8.54. The number of carbonyl (C=O) groups is 1. The Kier molecular flexibility index (Phi) is 3.03. The molecule has 2 aliphatic rings. The molecule has 0 spiro atoms. The molecule has 0 aromatic carbocycles. The lowest BCUT2D eigenvalue weighted by Crippen LogP contribution is -2.48. The van der Waals surface area contributed by atoms with E-state index in [1.807, 2.05) is 4.90 Å². The zero-order chi connectivity index (χ0) is 9.97. The molecule has 1 amide bonds. The van der Waals surface area contributed by atoms with Gasteiger partial charge in [-0.2, -0.15) is 0 Å². The van der Waals surface area contributed by atoms with Gasteiger partial charge in [0.05, 0.1) is 5.92 Å². The van der Waals surface area contributed by atoms with Gasteiger partial charge in [0, 0.05) is 25.7 Å². The second-order valence-corrected chi connectivity index (χ2v) is 4.38. The number of nitrogens with one attached hydrogen (secondary N) is 1. The van der Waals surface area contributed by atoms with Crippen molar-refractivity contribution < 1.29 is 4.79 Å². The van der Waals surface area contributed by atoms with Crippen LogP contribution in [0.15, 0.2) is 0 Å². The smallest absolute Gasteiger partial charge is 0.227 e. The van der Waals surface area contributed by atoms with Crippen molar-refractivity contribution in [3.8, 4) is 0 Å². The summed E-state index contributed by atoms with van der Waals surface area (Å²) in [6.45, 7) is 3.50. The van der Waals surface area contributed by atoms with Crippen LogP contribution < -0.4 is 11.1 Å². The van der Waals surface area contributed by atoms with Crippen LogP contribution in [0, 0.1) is 5.92 Å². The van der Waals surface area contributed by atoms with E-state index >= 15 is 0 Å². The first-order valence-corrected chi connectivity index (χ1v) is 5.52. The highest BCUT2D eigenvalue weighted by Crippen LogP contribution is 2.15. The van der Waals surface area contributed by atoms with E-state index in [-0.39, 0.29) is 12.0 Å². The van der Waals surface area contributed by atoms with Crippen molar-refractivity contribution in [3.63, 3.8) is 0 Å². The topological polar surface area (TPSA) is 58.4 Å². The van der Waals surface area contributed by atoms with E-state index in [1.165, 1.54) is 0 Å². The summed E-state index contributed by atoms with van der Waals surface area (Å²) in [5.74, 6) is 0.519.